The van der Waals surface area contributed by atoms with Crippen molar-refractivity contribution in [3.05, 3.63) is 52.8 Å². The molecule has 6 nitrogen and oxygen atoms in total. The number of aromatic nitrogens is 2. The summed E-state index contributed by atoms with van der Waals surface area (Å²) < 4.78 is 8.29. The SMILES string of the molecule is COc1ccc(Cn2cnc3c(Br)c(NC4=NCCN4)ccc32)cc1. The van der Waals surface area contributed by atoms with Gasteiger partial charge in [-0.2, -0.15) is 0 Å². The van der Waals surface area contributed by atoms with Crippen LogP contribution < -0.4 is 15.4 Å². The molecule has 7 heteroatoms. The zero-order valence-corrected chi connectivity index (χ0v) is 15.4. The van der Waals surface area contributed by atoms with Crippen LogP contribution in [0.5, 0.6) is 5.75 Å². The second kappa shape index (κ2) is 6.76. The molecule has 2 N–H and O–H groups in total. The second-order valence-electron chi connectivity index (χ2n) is 5.80. The summed E-state index contributed by atoms with van der Waals surface area (Å²) in [6.07, 6.45) is 1.87. The Morgan fingerprint density at radius 1 is 1.24 bits per heavy atom. The minimum absolute atomic E-state index is 0.758. The zero-order chi connectivity index (χ0) is 17.2. The normalized spacial score (nSPS) is 13.6. The van der Waals surface area contributed by atoms with Gasteiger partial charge in [-0.05, 0) is 45.8 Å². The maximum atomic E-state index is 5.21. The van der Waals surface area contributed by atoms with Gasteiger partial charge in [0.05, 0.1) is 35.7 Å². The molecule has 0 saturated heterocycles. The summed E-state index contributed by atoms with van der Waals surface area (Å²) in [6, 6.07) is 12.2. The summed E-state index contributed by atoms with van der Waals surface area (Å²) in [7, 11) is 1.67. The van der Waals surface area contributed by atoms with Crippen LogP contribution in [0.25, 0.3) is 11.0 Å². The molecule has 1 aromatic heterocycles. The summed E-state index contributed by atoms with van der Waals surface area (Å²) in [5.41, 5.74) is 4.16. The van der Waals surface area contributed by atoms with Gasteiger partial charge in [-0.25, -0.2) is 4.98 Å². The van der Waals surface area contributed by atoms with E-state index in [2.05, 4.69) is 59.3 Å². The largest absolute Gasteiger partial charge is 0.497 e. The third-order valence-corrected chi connectivity index (χ3v) is 4.97. The van der Waals surface area contributed by atoms with Crippen LogP contribution in [0.15, 0.2) is 52.2 Å². The van der Waals surface area contributed by atoms with Crippen molar-refractivity contribution in [3.8, 4) is 5.75 Å². The van der Waals surface area contributed by atoms with E-state index >= 15 is 0 Å². The second-order valence-corrected chi connectivity index (χ2v) is 6.59. The standard InChI is InChI=1S/C18H18BrN5O/c1-25-13-4-2-12(3-5-13)10-24-11-22-17-15(24)7-6-14(16(17)19)23-18-20-8-9-21-18/h2-7,11H,8-10H2,1H3,(H2,20,21,23). The van der Waals surface area contributed by atoms with E-state index in [1.54, 1.807) is 7.11 Å². The van der Waals surface area contributed by atoms with Crippen molar-refractivity contribution in [1.29, 1.82) is 0 Å². The van der Waals surface area contributed by atoms with E-state index in [9.17, 15) is 0 Å². The lowest BCUT2D eigenvalue weighted by Crippen LogP contribution is -2.26. The van der Waals surface area contributed by atoms with Crippen LogP contribution in [-0.2, 0) is 6.54 Å². The number of hydrogen-bond donors (Lipinski definition) is 2. The van der Waals surface area contributed by atoms with Crippen LogP contribution in [0.1, 0.15) is 5.56 Å². The maximum Gasteiger partial charge on any atom is 0.195 e. The quantitative estimate of drug-likeness (QED) is 0.706. The Morgan fingerprint density at radius 3 is 2.80 bits per heavy atom. The van der Waals surface area contributed by atoms with Gasteiger partial charge in [-0.1, -0.05) is 12.1 Å². The van der Waals surface area contributed by atoms with Gasteiger partial charge in [0.1, 0.15) is 11.3 Å². The Balaban J connectivity index is 1.61. The zero-order valence-electron chi connectivity index (χ0n) is 13.8. The molecule has 0 spiro atoms. The molecule has 4 rings (SSSR count). The highest BCUT2D eigenvalue weighted by Gasteiger charge is 2.13. The van der Waals surface area contributed by atoms with Gasteiger partial charge in [0.2, 0.25) is 0 Å². The Kier molecular flexibility index (Phi) is 4.31. The molecule has 0 amide bonds. The van der Waals surface area contributed by atoms with Crippen molar-refractivity contribution in [2.75, 3.05) is 25.5 Å². The van der Waals surface area contributed by atoms with Gasteiger partial charge < -0.3 is 19.9 Å². The fourth-order valence-corrected chi connectivity index (χ4v) is 3.39. The molecule has 0 saturated carbocycles. The molecular formula is C18H18BrN5O. The number of aliphatic imine (C=N–C) groups is 1. The number of nitrogens with zero attached hydrogens (tertiary/aromatic N) is 3. The fourth-order valence-electron chi connectivity index (χ4n) is 2.86. The van der Waals surface area contributed by atoms with E-state index in [1.807, 2.05) is 24.5 Å². The number of ether oxygens (including phenoxy) is 1. The molecule has 1 aliphatic heterocycles. The number of benzene rings is 2. The highest BCUT2D eigenvalue weighted by molar-refractivity contribution is 9.10. The van der Waals surface area contributed by atoms with Crippen LogP contribution in [0.2, 0.25) is 0 Å². The summed E-state index contributed by atoms with van der Waals surface area (Å²) in [4.78, 5) is 8.94. The molecule has 0 unspecified atom stereocenters. The minimum Gasteiger partial charge on any atom is -0.497 e. The van der Waals surface area contributed by atoms with E-state index in [1.165, 1.54) is 5.56 Å². The van der Waals surface area contributed by atoms with Crippen LogP contribution in [-0.4, -0.2) is 35.7 Å². The average Bonchev–Trinajstić information content (AvgIpc) is 3.29. The average molecular weight is 400 g/mol. The highest BCUT2D eigenvalue weighted by atomic mass is 79.9. The van der Waals surface area contributed by atoms with E-state index in [4.69, 9.17) is 4.74 Å². The lowest BCUT2D eigenvalue weighted by molar-refractivity contribution is 0.414. The number of methoxy groups -OCH3 is 1. The van der Waals surface area contributed by atoms with Gasteiger partial charge >= 0.3 is 0 Å². The summed E-state index contributed by atoms with van der Waals surface area (Å²) in [5.74, 6) is 1.67. The summed E-state index contributed by atoms with van der Waals surface area (Å²) in [6.45, 7) is 2.44. The summed E-state index contributed by atoms with van der Waals surface area (Å²) in [5, 5.41) is 6.51. The Morgan fingerprint density at radius 2 is 2.08 bits per heavy atom. The van der Waals surface area contributed by atoms with Crippen molar-refractivity contribution in [2.45, 2.75) is 6.54 Å². The molecular weight excluding hydrogens is 382 g/mol. The van der Waals surface area contributed by atoms with E-state index in [0.717, 1.165) is 52.5 Å². The first-order valence-electron chi connectivity index (χ1n) is 8.06. The molecule has 2 aromatic carbocycles. The van der Waals surface area contributed by atoms with Gasteiger partial charge in [-0.3, -0.25) is 4.99 Å². The number of rotatable bonds is 4. The van der Waals surface area contributed by atoms with Crippen molar-refractivity contribution in [3.63, 3.8) is 0 Å². The molecule has 1 aliphatic rings. The minimum atomic E-state index is 0.758. The Labute approximate surface area is 154 Å². The number of nitrogens with one attached hydrogen (secondary N) is 2. The molecule has 0 radical (unpaired) electrons. The first-order chi connectivity index (χ1) is 12.2. The van der Waals surface area contributed by atoms with Crippen molar-refractivity contribution in [1.82, 2.24) is 14.9 Å². The smallest absolute Gasteiger partial charge is 0.195 e. The number of imidazole rings is 1. The number of guanidine groups is 1. The Bertz CT molecular complexity index is 933. The maximum absolute atomic E-state index is 5.21. The van der Waals surface area contributed by atoms with E-state index in [-0.39, 0.29) is 0 Å². The lowest BCUT2D eigenvalue weighted by Gasteiger charge is -2.10. The monoisotopic (exact) mass is 399 g/mol. The lowest BCUT2D eigenvalue weighted by atomic mass is 10.2. The number of halogens is 1. The van der Waals surface area contributed by atoms with Crippen LogP contribution in [0.3, 0.4) is 0 Å². The molecule has 2 heterocycles. The number of anilines is 1. The topological polar surface area (TPSA) is 63.5 Å². The third-order valence-electron chi connectivity index (χ3n) is 4.17. The van der Waals surface area contributed by atoms with Crippen molar-refractivity contribution in [2.24, 2.45) is 4.99 Å². The predicted molar refractivity (Wildman–Crippen MR) is 103 cm³/mol. The number of fused-ring (bicyclic) bond motifs is 1. The molecule has 128 valence electrons. The van der Waals surface area contributed by atoms with Crippen molar-refractivity contribution < 1.29 is 4.74 Å². The molecule has 25 heavy (non-hydrogen) atoms. The third kappa shape index (κ3) is 3.19. The molecule has 0 bridgehead atoms. The molecule has 0 aliphatic carbocycles. The van der Waals surface area contributed by atoms with Gasteiger partial charge in [0.25, 0.3) is 0 Å². The molecule has 0 fully saturated rings. The molecule has 3 aromatic rings. The van der Waals surface area contributed by atoms with Crippen LogP contribution in [0, 0.1) is 0 Å². The van der Waals surface area contributed by atoms with Gasteiger partial charge in [0.15, 0.2) is 5.96 Å². The van der Waals surface area contributed by atoms with Gasteiger partial charge in [0, 0.05) is 13.1 Å². The number of hydrogen-bond acceptors (Lipinski definition) is 5. The Hall–Kier alpha value is -2.54. The predicted octanol–water partition coefficient (Wildman–Crippen LogP) is 3.23. The first kappa shape index (κ1) is 16.0. The first-order valence-corrected chi connectivity index (χ1v) is 8.85. The van der Waals surface area contributed by atoms with Crippen LogP contribution in [0.4, 0.5) is 5.69 Å². The summed E-state index contributed by atoms with van der Waals surface area (Å²) >= 11 is 3.67. The fraction of sp³-hybridized carbons (Fsp3) is 0.222. The van der Waals surface area contributed by atoms with E-state index in [0.29, 0.717) is 0 Å². The van der Waals surface area contributed by atoms with Crippen LogP contribution >= 0.6 is 15.9 Å². The van der Waals surface area contributed by atoms with Crippen molar-refractivity contribution >= 4 is 38.6 Å². The highest BCUT2D eigenvalue weighted by Crippen LogP contribution is 2.31. The molecule has 0 atom stereocenters. The van der Waals surface area contributed by atoms with E-state index < -0.39 is 0 Å². The van der Waals surface area contributed by atoms with Gasteiger partial charge in [-0.15, -0.1) is 0 Å².